The van der Waals surface area contributed by atoms with Crippen LogP contribution in [0.2, 0.25) is 0 Å². The quantitative estimate of drug-likeness (QED) is 0.885. The number of hydrogen-bond acceptors (Lipinski definition) is 5. The number of halogens is 1. The third kappa shape index (κ3) is 4.41. The fourth-order valence-corrected chi connectivity index (χ4v) is 3.96. The number of rotatable bonds is 4. The molecule has 1 aromatic heterocycles. The Morgan fingerprint density at radius 2 is 2.26 bits per heavy atom. The summed E-state index contributed by atoms with van der Waals surface area (Å²) < 4.78 is 1.09. The van der Waals surface area contributed by atoms with Crippen LogP contribution in [0.5, 0.6) is 0 Å². The molecule has 126 valence electrons. The minimum absolute atomic E-state index is 0. The van der Waals surface area contributed by atoms with Crippen LogP contribution in [0.3, 0.4) is 0 Å². The van der Waals surface area contributed by atoms with Crippen molar-refractivity contribution in [1.82, 2.24) is 9.88 Å². The van der Waals surface area contributed by atoms with E-state index >= 15 is 0 Å². The molecule has 2 atom stereocenters. The summed E-state index contributed by atoms with van der Waals surface area (Å²) in [5.74, 6) is -0.00777. The van der Waals surface area contributed by atoms with Crippen molar-refractivity contribution < 1.29 is 4.79 Å². The minimum Gasteiger partial charge on any atom is -0.327 e. The predicted molar refractivity (Wildman–Crippen MR) is 98.4 cm³/mol. The summed E-state index contributed by atoms with van der Waals surface area (Å²) >= 11 is 1.51. The second-order valence-corrected chi connectivity index (χ2v) is 6.96. The summed E-state index contributed by atoms with van der Waals surface area (Å²) in [4.78, 5) is 18.9. The van der Waals surface area contributed by atoms with Gasteiger partial charge in [0.25, 0.3) is 0 Å². The number of amides is 1. The SMILES string of the molecule is CC(N)C1CCCCN1CC(=O)Nc1nc2ccccc2s1.Cl. The van der Waals surface area contributed by atoms with Gasteiger partial charge in [0, 0.05) is 12.1 Å². The first-order valence-corrected chi connectivity index (χ1v) is 8.60. The largest absolute Gasteiger partial charge is 0.327 e. The van der Waals surface area contributed by atoms with Gasteiger partial charge in [0.05, 0.1) is 16.8 Å². The molecule has 1 aromatic carbocycles. The molecule has 7 heteroatoms. The lowest BCUT2D eigenvalue weighted by molar-refractivity contribution is -0.118. The molecule has 1 fully saturated rings. The highest BCUT2D eigenvalue weighted by Gasteiger charge is 2.27. The Morgan fingerprint density at radius 3 is 3.00 bits per heavy atom. The molecule has 0 radical (unpaired) electrons. The normalized spacial score (nSPS) is 20.0. The lowest BCUT2D eigenvalue weighted by Crippen LogP contribution is -2.51. The minimum atomic E-state index is -0.00777. The molecule has 0 bridgehead atoms. The van der Waals surface area contributed by atoms with E-state index in [0.29, 0.717) is 17.7 Å². The van der Waals surface area contributed by atoms with Gasteiger partial charge in [-0.05, 0) is 38.4 Å². The van der Waals surface area contributed by atoms with Crippen molar-refractivity contribution in [3.05, 3.63) is 24.3 Å². The molecule has 3 N–H and O–H groups in total. The maximum Gasteiger partial charge on any atom is 0.240 e. The molecule has 1 aliphatic rings. The van der Waals surface area contributed by atoms with Gasteiger partial charge in [-0.2, -0.15) is 0 Å². The Balaban J connectivity index is 0.00000192. The first-order valence-electron chi connectivity index (χ1n) is 7.78. The van der Waals surface area contributed by atoms with Gasteiger partial charge < -0.3 is 11.1 Å². The zero-order chi connectivity index (χ0) is 15.5. The Bertz CT molecular complexity index is 627. The van der Waals surface area contributed by atoms with Crippen molar-refractivity contribution in [2.24, 2.45) is 5.73 Å². The molecule has 3 rings (SSSR count). The molecule has 1 amide bonds. The number of benzene rings is 1. The number of para-hydroxylation sites is 1. The van der Waals surface area contributed by atoms with Crippen molar-refractivity contribution in [2.75, 3.05) is 18.4 Å². The van der Waals surface area contributed by atoms with Gasteiger partial charge in [-0.1, -0.05) is 29.9 Å². The van der Waals surface area contributed by atoms with Crippen LogP contribution >= 0.6 is 23.7 Å². The van der Waals surface area contributed by atoms with Gasteiger partial charge in [0.2, 0.25) is 5.91 Å². The summed E-state index contributed by atoms with van der Waals surface area (Å²) in [5, 5.41) is 3.59. The summed E-state index contributed by atoms with van der Waals surface area (Å²) in [6, 6.07) is 8.30. The van der Waals surface area contributed by atoms with Gasteiger partial charge in [-0.15, -0.1) is 12.4 Å². The number of nitrogens with one attached hydrogen (secondary N) is 1. The van der Waals surface area contributed by atoms with Gasteiger partial charge in [-0.3, -0.25) is 9.69 Å². The molecule has 2 heterocycles. The molecule has 5 nitrogen and oxygen atoms in total. The van der Waals surface area contributed by atoms with E-state index in [2.05, 4.69) is 15.2 Å². The standard InChI is InChI=1S/C16H22N4OS.ClH/c1-11(17)13-7-4-5-9-20(13)10-15(21)19-16-18-12-6-2-3-8-14(12)22-16;/h2-3,6,8,11,13H,4-5,7,9-10,17H2,1H3,(H,18,19,21);1H. The second-order valence-electron chi connectivity index (χ2n) is 5.93. The Kier molecular flexibility index (Phi) is 6.35. The van der Waals surface area contributed by atoms with Crippen LogP contribution in [0, 0.1) is 0 Å². The maximum atomic E-state index is 12.3. The number of nitrogens with zero attached hydrogens (tertiary/aromatic N) is 2. The lowest BCUT2D eigenvalue weighted by atomic mass is 9.97. The summed E-state index contributed by atoms with van der Waals surface area (Å²) in [7, 11) is 0. The van der Waals surface area contributed by atoms with Crippen molar-refractivity contribution in [3.63, 3.8) is 0 Å². The molecular weight excluding hydrogens is 332 g/mol. The molecule has 2 unspecified atom stereocenters. The molecular formula is C16H23ClN4OS. The highest BCUT2D eigenvalue weighted by atomic mass is 35.5. The lowest BCUT2D eigenvalue weighted by Gasteiger charge is -2.37. The van der Waals surface area contributed by atoms with Crippen LogP contribution < -0.4 is 11.1 Å². The van der Waals surface area contributed by atoms with Crippen LogP contribution in [0.4, 0.5) is 5.13 Å². The van der Waals surface area contributed by atoms with Gasteiger partial charge in [0.15, 0.2) is 5.13 Å². The predicted octanol–water partition coefficient (Wildman–Crippen LogP) is 2.86. The third-order valence-corrected chi connectivity index (χ3v) is 5.11. The Morgan fingerprint density at radius 1 is 1.48 bits per heavy atom. The number of hydrogen-bond donors (Lipinski definition) is 2. The molecule has 0 saturated carbocycles. The first kappa shape index (κ1) is 18.1. The van der Waals surface area contributed by atoms with E-state index in [1.165, 1.54) is 17.8 Å². The van der Waals surface area contributed by atoms with Crippen LogP contribution in [-0.4, -0.2) is 41.0 Å². The number of piperidine rings is 1. The number of likely N-dealkylation sites (tertiary alicyclic amines) is 1. The van der Waals surface area contributed by atoms with Crippen molar-refractivity contribution in [1.29, 1.82) is 0 Å². The Hall–Kier alpha value is -1.21. The average molecular weight is 355 g/mol. The molecule has 2 aromatic rings. The Labute approximate surface area is 146 Å². The second kappa shape index (κ2) is 8.06. The van der Waals surface area contributed by atoms with E-state index in [-0.39, 0.29) is 24.4 Å². The number of anilines is 1. The average Bonchev–Trinajstić information content (AvgIpc) is 2.89. The number of carbonyl (C=O) groups is 1. The van der Waals surface area contributed by atoms with E-state index in [9.17, 15) is 4.79 Å². The number of carbonyl (C=O) groups excluding carboxylic acids is 1. The first-order chi connectivity index (χ1) is 10.6. The summed E-state index contributed by atoms with van der Waals surface area (Å²) in [6.45, 7) is 3.36. The van der Waals surface area contributed by atoms with Gasteiger partial charge in [-0.25, -0.2) is 4.98 Å². The monoisotopic (exact) mass is 354 g/mol. The maximum absolute atomic E-state index is 12.3. The van der Waals surface area contributed by atoms with Crippen LogP contribution in [0.15, 0.2) is 24.3 Å². The van der Waals surface area contributed by atoms with Crippen LogP contribution in [0.25, 0.3) is 10.2 Å². The molecule has 0 spiro atoms. The number of nitrogens with two attached hydrogens (primary N) is 1. The molecule has 23 heavy (non-hydrogen) atoms. The van der Waals surface area contributed by atoms with Crippen LogP contribution in [-0.2, 0) is 4.79 Å². The van der Waals surface area contributed by atoms with E-state index in [4.69, 9.17) is 5.73 Å². The fraction of sp³-hybridized carbons (Fsp3) is 0.500. The smallest absolute Gasteiger partial charge is 0.240 e. The van der Waals surface area contributed by atoms with E-state index in [1.807, 2.05) is 31.2 Å². The summed E-state index contributed by atoms with van der Waals surface area (Å²) in [6.07, 6.45) is 3.41. The topological polar surface area (TPSA) is 71.2 Å². The highest BCUT2D eigenvalue weighted by Crippen LogP contribution is 2.25. The number of fused-ring (bicyclic) bond motifs is 1. The fourth-order valence-electron chi connectivity index (χ4n) is 3.08. The van der Waals surface area contributed by atoms with E-state index < -0.39 is 0 Å². The summed E-state index contributed by atoms with van der Waals surface area (Å²) in [5.41, 5.74) is 6.98. The molecule has 1 aliphatic heterocycles. The van der Waals surface area contributed by atoms with Crippen molar-refractivity contribution in [2.45, 2.75) is 38.3 Å². The van der Waals surface area contributed by atoms with Gasteiger partial charge in [0.1, 0.15) is 0 Å². The van der Waals surface area contributed by atoms with E-state index in [1.54, 1.807) is 0 Å². The molecule has 0 aliphatic carbocycles. The van der Waals surface area contributed by atoms with E-state index in [0.717, 1.165) is 29.6 Å². The molecule has 1 saturated heterocycles. The zero-order valence-electron chi connectivity index (χ0n) is 13.2. The highest BCUT2D eigenvalue weighted by molar-refractivity contribution is 7.22. The van der Waals surface area contributed by atoms with Crippen molar-refractivity contribution >= 4 is 45.0 Å². The van der Waals surface area contributed by atoms with Crippen molar-refractivity contribution in [3.8, 4) is 0 Å². The number of aromatic nitrogens is 1. The third-order valence-electron chi connectivity index (χ3n) is 4.16. The van der Waals surface area contributed by atoms with Gasteiger partial charge >= 0.3 is 0 Å². The zero-order valence-corrected chi connectivity index (χ0v) is 14.8. The number of thiazole rings is 1. The van der Waals surface area contributed by atoms with Crippen LogP contribution in [0.1, 0.15) is 26.2 Å².